The van der Waals surface area contributed by atoms with Crippen LogP contribution in [0.4, 0.5) is 0 Å². The summed E-state index contributed by atoms with van der Waals surface area (Å²) in [5.41, 5.74) is 0. The minimum absolute atomic E-state index is 0.0981. The molecule has 1 saturated carbocycles. The monoisotopic (exact) mass is 327 g/mol. The van der Waals surface area contributed by atoms with Crippen molar-refractivity contribution in [3.63, 3.8) is 0 Å². The van der Waals surface area contributed by atoms with Gasteiger partial charge in [0.2, 0.25) is 0 Å². The highest BCUT2D eigenvalue weighted by Gasteiger charge is 2.45. The Kier molecular flexibility index (Phi) is 4.81. The summed E-state index contributed by atoms with van der Waals surface area (Å²) in [6.07, 6.45) is 7.92. The van der Waals surface area contributed by atoms with Crippen molar-refractivity contribution in [1.82, 2.24) is 15.1 Å². The molecule has 1 aromatic heterocycles. The Bertz CT molecular complexity index is 508. The highest BCUT2D eigenvalue weighted by Crippen LogP contribution is 2.41. The van der Waals surface area contributed by atoms with Gasteiger partial charge in [0.1, 0.15) is 11.0 Å². The van der Waals surface area contributed by atoms with Crippen LogP contribution in [0.15, 0.2) is 4.34 Å². The van der Waals surface area contributed by atoms with Gasteiger partial charge >= 0.3 is 5.97 Å². The molecule has 2 heterocycles. The SMILES string of the molecule is COC(=O)[C@@H]1C[C@@H]2CCCC[C@@H]2N1Cc1nnc(SC)s1. The maximum Gasteiger partial charge on any atom is 0.323 e. The molecule has 1 saturated heterocycles. The van der Waals surface area contributed by atoms with Crippen LogP contribution >= 0.6 is 23.1 Å². The fraction of sp³-hybridized carbons (Fsp3) is 0.786. The molecule has 2 aliphatic rings. The molecule has 0 radical (unpaired) electrons. The van der Waals surface area contributed by atoms with Gasteiger partial charge in [-0.3, -0.25) is 9.69 Å². The van der Waals surface area contributed by atoms with E-state index in [1.54, 1.807) is 23.1 Å². The topological polar surface area (TPSA) is 55.3 Å². The Morgan fingerprint density at radius 1 is 1.43 bits per heavy atom. The lowest BCUT2D eigenvalue weighted by Gasteiger charge is -2.32. The Labute approximate surface area is 133 Å². The zero-order valence-electron chi connectivity index (χ0n) is 12.4. The second kappa shape index (κ2) is 6.62. The van der Waals surface area contributed by atoms with Crippen LogP contribution < -0.4 is 0 Å². The number of ether oxygens (including phenoxy) is 1. The molecule has 0 bridgehead atoms. The summed E-state index contributed by atoms with van der Waals surface area (Å²) in [6, 6.07) is 0.397. The van der Waals surface area contributed by atoms with Crippen LogP contribution in [0.1, 0.15) is 37.1 Å². The van der Waals surface area contributed by atoms with Gasteiger partial charge in [-0.15, -0.1) is 10.2 Å². The van der Waals surface area contributed by atoms with Crippen molar-refractivity contribution < 1.29 is 9.53 Å². The predicted octanol–water partition coefficient (Wildman–Crippen LogP) is 2.57. The van der Waals surface area contributed by atoms with Crippen molar-refractivity contribution in [2.45, 2.75) is 55.1 Å². The molecule has 7 heteroatoms. The number of hydrogen-bond donors (Lipinski definition) is 0. The molecule has 1 aliphatic carbocycles. The summed E-state index contributed by atoms with van der Waals surface area (Å²) in [6.45, 7) is 0.721. The lowest BCUT2D eigenvalue weighted by molar-refractivity contribution is -0.146. The van der Waals surface area contributed by atoms with Gasteiger partial charge in [-0.1, -0.05) is 35.9 Å². The Morgan fingerprint density at radius 3 is 2.95 bits per heavy atom. The van der Waals surface area contributed by atoms with Crippen LogP contribution in [0.5, 0.6) is 0 Å². The summed E-state index contributed by atoms with van der Waals surface area (Å²) in [4.78, 5) is 14.4. The van der Waals surface area contributed by atoms with Gasteiger partial charge in [0, 0.05) is 6.04 Å². The first-order valence-corrected chi connectivity index (χ1v) is 9.47. The second-order valence-electron chi connectivity index (χ2n) is 5.72. The van der Waals surface area contributed by atoms with Gasteiger partial charge < -0.3 is 4.74 Å². The maximum atomic E-state index is 12.1. The number of carbonyl (C=O) groups is 1. The average Bonchev–Trinajstić information content (AvgIpc) is 3.12. The fourth-order valence-corrected chi connectivity index (χ4v) is 5.01. The summed E-state index contributed by atoms with van der Waals surface area (Å²) in [7, 11) is 1.49. The number of thioether (sulfide) groups is 1. The van der Waals surface area contributed by atoms with Crippen molar-refractivity contribution in [3.05, 3.63) is 5.01 Å². The van der Waals surface area contributed by atoms with Crippen LogP contribution in [-0.2, 0) is 16.1 Å². The minimum Gasteiger partial charge on any atom is -0.468 e. The van der Waals surface area contributed by atoms with E-state index in [2.05, 4.69) is 15.1 Å². The van der Waals surface area contributed by atoms with E-state index in [0.717, 1.165) is 22.3 Å². The third kappa shape index (κ3) is 3.10. The molecule has 0 N–H and O–H groups in total. The van der Waals surface area contributed by atoms with E-state index in [0.29, 0.717) is 12.0 Å². The van der Waals surface area contributed by atoms with Crippen molar-refractivity contribution in [2.24, 2.45) is 5.92 Å². The standard InChI is InChI=1S/C14H21N3O2S2/c1-19-13(18)11-7-9-5-3-4-6-10(9)17(11)8-12-15-16-14(20-2)21-12/h9-11H,3-8H2,1-2H3/t9-,10-,11-/m0/s1. The van der Waals surface area contributed by atoms with Crippen LogP contribution in [0.2, 0.25) is 0 Å². The minimum atomic E-state index is -0.107. The fourth-order valence-electron chi connectivity index (χ4n) is 3.69. The summed E-state index contributed by atoms with van der Waals surface area (Å²) in [5.74, 6) is 0.537. The molecule has 0 spiro atoms. The summed E-state index contributed by atoms with van der Waals surface area (Å²) < 4.78 is 6.00. The Hall–Kier alpha value is -0.660. The average molecular weight is 327 g/mol. The predicted molar refractivity (Wildman–Crippen MR) is 83.4 cm³/mol. The molecule has 0 aromatic carbocycles. The molecular weight excluding hydrogens is 306 g/mol. The van der Waals surface area contributed by atoms with Crippen LogP contribution in [-0.4, -0.2) is 46.5 Å². The highest BCUT2D eigenvalue weighted by molar-refractivity contribution is 8.00. The van der Waals surface area contributed by atoms with Gasteiger partial charge in [-0.2, -0.15) is 0 Å². The number of rotatable bonds is 4. The number of likely N-dealkylation sites (tertiary alicyclic amines) is 1. The zero-order chi connectivity index (χ0) is 14.8. The van der Waals surface area contributed by atoms with E-state index in [1.165, 1.54) is 32.8 Å². The van der Waals surface area contributed by atoms with Crippen molar-refractivity contribution in [2.75, 3.05) is 13.4 Å². The number of hydrogen-bond acceptors (Lipinski definition) is 7. The molecule has 116 valence electrons. The van der Waals surface area contributed by atoms with E-state index in [4.69, 9.17) is 4.74 Å². The van der Waals surface area contributed by atoms with Gasteiger partial charge in [-0.05, 0) is 31.4 Å². The van der Waals surface area contributed by atoms with Gasteiger partial charge in [0.25, 0.3) is 0 Å². The molecule has 0 amide bonds. The second-order valence-corrected chi connectivity index (χ2v) is 7.84. The lowest BCUT2D eigenvalue weighted by atomic mass is 9.85. The maximum absolute atomic E-state index is 12.1. The van der Waals surface area contributed by atoms with Crippen molar-refractivity contribution >= 4 is 29.1 Å². The van der Waals surface area contributed by atoms with Gasteiger partial charge in [-0.25, -0.2) is 0 Å². The highest BCUT2D eigenvalue weighted by atomic mass is 32.2. The molecule has 2 fully saturated rings. The number of methoxy groups -OCH3 is 1. The smallest absolute Gasteiger partial charge is 0.323 e. The number of carbonyl (C=O) groups excluding carboxylic acids is 1. The first kappa shape index (κ1) is 15.2. The molecule has 3 rings (SSSR count). The number of fused-ring (bicyclic) bond motifs is 1. The number of nitrogens with zero attached hydrogens (tertiary/aromatic N) is 3. The first-order chi connectivity index (χ1) is 10.2. The molecule has 0 unspecified atom stereocenters. The zero-order valence-corrected chi connectivity index (χ0v) is 14.1. The number of aromatic nitrogens is 2. The van der Waals surface area contributed by atoms with Gasteiger partial charge in [0.15, 0.2) is 4.34 Å². The summed E-state index contributed by atoms with van der Waals surface area (Å²) in [5, 5.41) is 9.42. The van der Waals surface area contributed by atoms with Crippen molar-refractivity contribution in [1.29, 1.82) is 0 Å². The quantitative estimate of drug-likeness (QED) is 0.626. The molecular formula is C14H21N3O2S2. The van der Waals surface area contributed by atoms with E-state index in [9.17, 15) is 4.79 Å². The van der Waals surface area contributed by atoms with E-state index in [1.807, 2.05) is 6.26 Å². The first-order valence-electron chi connectivity index (χ1n) is 7.43. The van der Waals surface area contributed by atoms with Crippen LogP contribution in [0.3, 0.4) is 0 Å². The molecule has 21 heavy (non-hydrogen) atoms. The Morgan fingerprint density at radius 2 is 2.24 bits per heavy atom. The largest absolute Gasteiger partial charge is 0.468 e. The molecule has 1 aliphatic heterocycles. The Balaban J connectivity index is 1.78. The molecule has 1 aromatic rings. The lowest BCUT2D eigenvalue weighted by Crippen LogP contribution is -2.42. The van der Waals surface area contributed by atoms with Crippen LogP contribution in [0.25, 0.3) is 0 Å². The third-order valence-corrected chi connectivity index (χ3v) is 6.52. The summed E-state index contributed by atoms with van der Waals surface area (Å²) >= 11 is 3.24. The van der Waals surface area contributed by atoms with E-state index >= 15 is 0 Å². The number of esters is 1. The van der Waals surface area contributed by atoms with Crippen molar-refractivity contribution in [3.8, 4) is 0 Å². The third-order valence-electron chi connectivity index (χ3n) is 4.64. The van der Waals surface area contributed by atoms with Gasteiger partial charge in [0.05, 0.1) is 13.7 Å². The normalized spacial score (nSPS) is 29.3. The molecule has 5 nitrogen and oxygen atoms in total. The van der Waals surface area contributed by atoms with E-state index < -0.39 is 0 Å². The van der Waals surface area contributed by atoms with Crippen LogP contribution in [0, 0.1) is 5.92 Å². The van der Waals surface area contributed by atoms with E-state index in [-0.39, 0.29) is 12.0 Å². The molecule has 3 atom stereocenters.